The Labute approximate surface area is 108 Å². The third kappa shape index (κ3) is 1.97. The second kappa shape index (κ2) is 4.56. The first-order chi connectivity index (χ1) is 9.29. The first-order valence-electron chi connectivity index (χ1n) is 5.77. The molecule has 3 aromatic rings. The maximum absolute atomic E-state index is 11.4. The van der Waals surface area contributed by atoms with Crippen molar-refractivity contribution < 1.29 is 18.5 Å². The van der Waals surface area contributed by atoms with Crippen molar-refractivity contribution in [2.24, 2.45) is 0 Å². The zero-order valence-electron chi connectivity index (χ0n) is 10.1. The standard InChI is InChI=1S/C13H10N2O4/c1-2-17-13(16)12-14-11(15-19-12)9-7-18-10-6-4-3-5-8(9)10/h3-7H,2H2,1H3. The molecule has 0 fully saturated rings. The normalized spacial score (nSPS) is 10.8. The van der Waals surface area contributed by atoms with Crippen LogP contribution in [0, 0.1) is 0 Å². The monoisotopic (exact) mass is 258 g/mol. The number of benzene rings is 1. The largest absolute Gasteiger partial charge is 0.464 e. The number of aromatic nitrogens is 2. The summed E-state index contributed by atoms with van der Waals surface area (Å²) in [5, 5.41) is 4.63. The fraction of sp³-hybridized carbons (Fsp3) is 0.154. The molecule has 0 saturated heterocycles. The average Bonchev–Trinajstić information content (AvgIpc) is 3.05. The first-order valence-corrected chi connectivity index (χ1v) is 5.77. The lowest BCUT2D eigenvalue weighted by atomic mass is 10.2. The molecule has 2 heterocycles. The highest BCUT2D eigenvalue weighted by molar-refractivity contribution is 5.92. The van der Waals surface area contributed by atoms with Gasteiger partial charge in [0.2, 0.25) is 5.82 Å². The van der Waals surface area contributed by atoms with Crippen molar-refractivity contribution in [1.82, 2.24) is 10.1 Å². The van der Waals surface area contributed by atoms with Gasteiger partial charge in [0.15, 0.2) is 0 Å². The number of esters is 1. The molecular weight excluding hydrogens is 248 g/mol. The molecule has 0 aliphatic carbocycles. The van der Waals surface area contributed by atoms with Crippen LogP contribution in [0.15, 0.2) is 39.5 Å². The highest BCUT2D eigenvalue weighted by Gasteiger charge is 2.19. The van der Waals surface area contributed by atoms with Crippen LogP contribution in [-0.4, -0.2) is 22.7 Å². The molecule has 1 aromatic carbocycles. The van der Waals surface area contributed by atoms with Crippen molar-refractivity contribution >= 4 is 16.9 Å². The van der Waals surface area contributed by atoms with Crippen molar-refractivity contribution in [3.63, 3.8) is 0 Å². The van der Waals surface area contributed by atoms with E-state index in [4.69, 9.17) is 13.7 Å². The lowest BCUT2D eigenvalue weighted by Crippen LogP contribution is -2.04. The predicted octanol–water partition coefficient (Wildman–Crippen LogP) is 2.66. The minimum Gasteiger partial charge on any atom is -0.464 e. The summed E-state index contributed by atoms with van der Waals surface area (Å²) >= 11 is 0. The average molecular weight is 258 g/mol. The number of rotatable bonds is 3. The molecule has 0 N–H and O–H groups in total. The second-order valence-electron chi connectivity index (χ2n) is 3.79. The van der Waals surface area contributed by atoms with Gasteiger partial charge in [0.25, 0.3) is 0 Å². The van der Waals surface area contributed by atoms with Gasteiger partial charge in [0, 0.05) is 5.39 Å². The van der Waals surface area contributed by atoms with Crippen LogP contribution in [0.1, 0.15) is 17.6 Å². The van der Waals surface area contributed by atoms with Crippen LogP contribution in [0.25, 0.3) is 22.4 Å². The summed E-state index contributed by atoms with van der Waals surface area (Å²) in [5.74, 6) is -0.496. The van der Waals surface area contributed by atoms with Crippen LogP contribution in [0.5, 0.6) is 0 Å². The topological polar surface area (TPSA) is 78.4 Å². The van der Waals surface area contributed by atoms with E-state index in [-0.39, 0.29) is 12.5 Å². The smallest absolute Gasteiger partial charge is 0.397 e. The van der Waals surface area contributed by atoms with E-state index in [1.807, 2.05) is 24.3 Å². The molecule has 96 valence electrons. The van der Waals surface area contributed by atoms with Gasteiger partial charge in [-0.25, -0.2) is 4.79 Å². The number of carbonyl (C=O) groups is 1. The number of ether oxygens (including phenoxy) is 1. The molecule has 0 amide bonds. The van der Waals surface area contributed by atoms with E-state index >= 15 is 0 Å². The molecule has 0 bridgehead atoms. The fourth-order valence-electron chi connectivity index (χ4n) is 1.76. The Kier molecular flexibility index (Phi) is 2.75. The highest BCUT2D eigenvalue weighted by atomic mass is 16.6. The number of para-hydroxylation sites is 1. The summed E-state index contributed by atoms with van der Waals surface area (Å²) in [6.07, 6.45) is 1.53. The Hall–Kier alpha value is -2.63. The molecule has 0 radical (unpaired) electrons. The molecule has 0 aliphatic rings. The first kappa shape index (κ1) is 11.5. The van der Waals surface area contributed by atoms with Crippen molar-refractivity contribution in [1.29, 1.82) is 0 Å². The summed E-state index contributed by atoms with van der Waals surface area (Å²) in [4.78, 5) is 15.5. The summed E-state index contributed by atoms with van der Waals surface area (Å²) in [6.45, 7) is 1.96. The SMILES string of the molecule is CCOC(=O)c1nc(-c2coc3ccccc23)no1. The maximum atomic E-state index is 11.4. The summed E-state index contributed by atoms with van der Waals surface area (Å²) in [7, 11) is 0. The molecule has 2 aromatic heterocycles. The zero-order chi connectivity index (χ0) is 13.2. The van der Waals surface area contributed by atoms with Gasteiger partial charge in [0.1, 0.15) is 11.8 Å². The van der Waals surface area contributed by atoms with Crippen molar-refractivity contribution in [3.05, 3.63) is 36.4 Å². The zero-order valence-corrected chi connectivity index (χ0v) is 10.1. The van der Waals surface area contributed by atoms with Gasteiger partial charge in [-0.15, -0.1) is 0 Å². The maximum Gasteiger partial charge on any atom is 0.397 e. The van der Waals surface area contributed by atoms with E-state index in [2.05, 4.69) is 10.1 Å². The number of hydrogen-bond donors (Lipinski definition) is 0. The van der Waals surface area contributed by atoms with Crippen molar-refractivity contribution in [3.8, 4) is 11.4 Å². The number of carbonyl (C=O) groups excluding carboxylic acids is 1. The van der Waals surface area contributed by atoms with E-state index in [0.717, 1.165) is 11.0 Å². The van der Waals surface area contributed by atoms with Gasteiger partial charge < -0.3 is 13.7 Å². The van der Waals surface area contributed by atoms with Crippen LogP contribution < -0.4 is 0 Å². The van der Waals surface area contributed by atoms with Crippen LogP contribution in [0.3, 0.4) is 0 Å². The Morgan fingerprint density at radius 3 is 3.05 bits per heavy atom. The van der Waals surface area contributed by atoms with Gasteiger partial charge in [0.05, 0.1) is 12.2 Å². The van der Waals surface area contributed by atoms with Gasteiger partial charge in [-0.1, -0.05) is 23.4 Å². The van der Waals surface area contributed by atoms with Crippen LogP contribution in [0.2, 0.25) is 0 Å². The molecule has 0 aliphatic heterocycles. The van der Waals surface area contributed by atoms with Gasteiger partial charge >= 0.3 is 11.9 Å². The van der Waals surface area contributed by atoms with E-state index in [9.17, 15) is 4.79 Å². The fourth-order valence-corrected chi connectivity index (χ4v) is 1.76. The number of furan rings is 1. The molecule has 6 heteroatoms. The van der Waals surface area contributed by atoms with Crippen molar-refractivity contribution in [2.75, 3.05) is 6.61 Å². The Morgan fingerprint density at radius 2 is 2.21 bits per heavy atom. The minimum atomic E-state index is -0.631. The predicted molar refractivity (Wildman–Crippen MR) is 65.5 cm³/mol. The highest BCUT2D eigenvalue weighted by Crippen LogP contribution is 2.28. The molecule has 3 rings (SSSR count). The number of fused-ring (bicyclic) bond motifs is 1. The summed E-state index contributed by atoms with van der Waals surface area (Å²) in [6, 6.07) is 7.48. The van der Waals surface area contributed by atoms with Gasteiger partial charge in [-0.05, 0) is 13.0 Å². The Balaban J connectivity index is 2.01. The molecule has 19 heavy (non-hydrogen) atoms. The number of nitrogens with zero attached hydrogens (tertiary/aromatic N) is 2. The van der Waals surface area contributed by atoms with E-state index in [0.29, 0.717) is 11.4 Å². The Morgan fingerprint density at radius 1 is 1.37 bits per heavy atom. The lowest BCUT2D eigenvalue weighted by Gasteiger charge is -1.93. The summed E-state index contributed by atoms with van der Waals surface area (Å²) < 4.78 is 15.0. The van der Waals surface area contributed by atoms with Crippen LogP contribution >= 0.6 is 0 Å². The van der Waals surface area contributed by atoms with E-state index in [1.165, 1.54) is 6.26 Å². The number of hydrogen-bond acceptors (Lipinski definition) is 6. The molecule has 0 atom stereocenters. The van der Waals surface area contributed by atoms with Gasteiger partial charge in [-0.3, -0.25) is 0 Å². The molecule has 0 unspecified atom stereocenters. The minimum absolute atomic E-state index is 0.165. The van der Waals surface area contributed by atoms with Gasteiger partial charge in [-0.2, -0.15) is 4.98 Å². The summed E-state index contributed by atoms with van der Waals surface area (Å²) in [5.41, 5.74) is 1.40. The molecular formula is C13H10N2O4. The molecule has 6 nitrogen and oxygen atoms in total. The van der Waals surface area contributed by atoms with Crippen LogP contribution in [0.4, 0.5) is 0 Å². The third-order valence-corrected chi connectivity index (χ3v) is 2.60. The van der Waals surface area contributed by atoms with Crippen LogP contribution in [-0.2, 0) is 4.74 Å². The quantitative estimate of drug-likeness (QED) is 0.672. The molecule has 0 spiro atoms. The second-order valence-corrected chi connectivity index (χ2v) is 3.79. The Bertz CT molecular complexity index is 729. The van der Waals surface area contributed by atoms with E-state index < -0.39 is 5.97 Å². The van der Waals surface area contributed by atoms with E-state index in [1.54, 1.807) is 6.92 Å². The third-order valence-electron chi connectivity index (χ3n) is 2.60. The van der Waals surface area contributed by atoms with Crippen molar-refractivity contribution in [2.45, 2.75) is 6.92 Å². The lowest BCUT2D eigenvalue weighted by molar-refractivity contribution is 0.0470. The molecule has 0 saturated carbocycles.